The van der Waals surface area contributed by atoms with Crippen molar-refractivity contribution in [2.24, 2.45) is 5.92 Å². The number of nitrogens with zero attached hydrogens (tertiary/aromatic N) is 2. The second-order valence-corrected chi connectivity index (χ2v) is 5.82. The van der Waals surface area contributed by atoms with Gasteiger partial charge in [0.05, 0.1) is 5.92 Å². The van der Waals surface area contributed by atoms with Crippen molar-refractivity contribution in [1.29, 1.82) is 0 Å². The minimum Gasteiger partial charge on any atom is -0.342 e. The van der Waals surface area contributed by atoms with Gasteiger partial charge in [0.15, 0.2) is 0 Å². The molecule has 0 bridgehead atoms. The quantitative estimate of drug-likeness (QED) is 0.834. The Kier molecular flexibility index (Phi) is 5.64. The highest BCUT2D eigenvalue weighted by Crippen LogP contribution is 2.20. The molecule has 110 valence electrons. The van der Waals surface area contributed by atoms with Gasteiger partial charge in [0, 0.05) is 25.7 Å². The fourth-order valence-corrected chi connectivity index (χ4v) is 3.51. The first-order valence-corrected chi connectivity index (χ1v) is 7.99. The highest BCUT2D eigenvalue weighted by atomic mass is 16.2. The molecule has 2 fully saturated rings. The minimum absolute atomic E-state index is 0.235. The lowest BCUT2D eigenvalue weighted by Gasteiger charge is -2.39. The lowest BCUT2D eigenvalue weighted by Crippen LogP contribution is -2.50. The van der Waals surface area contributed by atoms with Crippen molar-refractivity contribution in [1.82, 2.24) is 15.1 Å². The monoisotopic (exact) mass is 267 g/mol. The summed E-state index contributed by atoms with van der Waals surface area (Å²) in [5.41, 5.74) is 0. The molecule has 1 amide bonds. The fourth-order valence-electron chi connectivity index (χ4n) is 3.51. The van der Waals surface area contributed by atoms with Crippen molar-refractivity contribution >= 4 is 5.91 Å². The van der Waals surface area contributed by atoms with Gasteiger partial charge in [0.2, 0.25) is 5.91 Å². The van der Waals surface area contributed by atoms with Crippen LogP contribution < -0.4 is 5.32 Å². The van der Waals surface area contributed by atoms with Crippen LogP contribution in [0, 0.1) is 5.92 Å². The third-order valence-electron chi connectivity index (χ3n) is 4.75. The maximum absolute atomic E-state index is 12.4. The van der Waals surface area contributed by atoms with E-state index in [0.717, 1.165) is 65.0 Å². The third kappa shape index (κ3) is 3.69. The van der Waals surface area contributed by atoms with Gasteiger partial charge in [-0.2, -0.15) is 0 Å². The predicted molar refractivity (Wildman–Crippen MR) is 78.1 cm³/mol. The highest BCUT2D eigenvalue weighted by Gasteiger charge is 2.30. The Hall–Kier alpha value is -0.610. The molecule has 2 rings (SSSR count). The van der Waals surface area contributed by atoms with E-state index in [1.807, 2.05) is 0 Å². The standard InChI is InChI=1S/C15H29N3O/c1-3-17(4-2)14-7-10-18(11-8-14)15(19)13-6-5-9-16-12-13/h13-14,16H,3-12H2,1-2H3. The summed E-state index contributed by atoms with van der Waals surface area (Å²) in [6.07, 6.45) is 4.51. The van der Waals surface area contributed by atoms with Crippen LogP contribution in [0.1, 0.15) is 39.5 Å². The van der Waals surface area contributed by atoms with Gasteiger partial charge >= 0.3 is 0 Å². The van der Waals surface area contributed by atoms with Gasteiger partial charge in [-0.25, -0.2) is 0 Å². The smallest absolute Gasteiger partial charge is 0.226 e. The molecule has 4 heteroatoms. The molecule has 19 heavy (non-hydrogen) atoms. The zero-order chi connectivity index (χ0) is 13.7. The number of amides is 1. The summed E-state index contributed by atoms with van der Waals surface area (Å²) in [5.74, 6) is 0.629. The maximum atomic E-state index is 12.4. The van der Waals surface area contributed by atoms with Crippen molar-refractivity contribution in [3.8, 4) is 0 Å². The van der Waals surface area contributed by atoms with E-state index in [0.29, 0.717) is 11.9 Å². The molecule has 2 aliphatic rings. The minimum atomic E-state index is 0.235. The van der Waals surface area contributed by atoms with E-state index in [4.69, 9.17) is 0 Å². The van der Waals surface area contributed by atoms with E-state index in [-0.39, 0.29) is 5.92 Å². The summed E-state index contributed by atoms with van der Waals surface area (Å²) >= 11 is 0. The molecular formula is C15H29N3O. The fraction of sp³-hybridized carbons (Fsp3) is 0.933. The van der Waals surface area contributed by atoms with Crippen molar-refractivity contribution in [3.05, 3.63) is 0 Å². The Morgan fingerprint density at radius 2 is 1.89 bits per heavy atom. The van der Waals surface area contributed by atoms with Crippen LogP contribution in [-0.4, -0.2) is 61.0 Å². The van der Waals surface area contributed by atoms with Crippen LogP contribution in [-0.2, 0) is 4.79 Å². The van der Waals surface area contributed by atoms with E-state index in [1.54, 1.807) is 0 Å². The summed E-state index contributed by atoms with van der Waals surface area (Å²) in [6, 6.07) is 0.684. The Morgan fingerprint density at radius 3 is 2.42 bits per heavy atom. The van der Waals surface area contributed by atoms with Crippen LogP contribution in [0.15, 0.2) is 0 Å². The summed E-state index contributed by atoms with van der Waals surface area (Å²) in [7, 11) is 0. The summed E-state index contributed by atoms with van der Waals surface area (Å²) in [5, 5.41) is 3.34. The van der Waals surface area contributed by atoms with E-state index < -0.39 is 0 Å². The van der Waals surface area contributed by atoms with Crippen LogP contribution in [0.2, 0.25) is 0 Å². The second-order valence-electron chi connectivity index (χ2n) is 5.82. The molecule has 0 aromatic rings. The molecule has 0 saturated carbocycles. The zero-order valence-electron chi connectivity index (χ0n) is 12.5. The molecule has 0 spiro atoms. The largest absolute Gasteiger partial charge is 0.342 e. The van der Waals surface area contributed by atoms with Crippen LogP contribution in [0.25, 0.3) is 0 Å². The van der Waals surface area contributed by atoms with E-state index >= 15 is 0 Å². The van der Waals surface area contributed by atoms with Crippen LogP contribution in [0.3, 0.4) is 0 Å². The molecule has 1 atom stereocenters. The van der Waals surface area contributed by atoms with Crippen LogP contribution in [0.5, 0.6) is 0 Å². The normalized spacial score (nSPS) is 25.8. The number of likely N-dealkylation sites (tertiary alicyclic amines) is 1. The molecule has 4 nitrogen and oxygen atoms in total. The first-order valence-electron chi connectivity index (χ1n) is 7.99. The summed E-state index contributed by atoms with van der Waals surface area (Å²) in [6.45, 7) is 10.6. The van der Waals surface area contributed by atoms with Gasteiger partial charge < -0.3 is 15.1 Å². The lowest BCUT2D eigenvalue weighted by atomic mass is 9.96. The first-order chi connectivity index (χ1) is 9.26. The third-order valence-corrected chi connectivity index (χ3v) is 4.75. The number of piperidine rings is 2. The number of rotatable bonds is 4. The van der Waals surface area contributed by atoms with Gasteiger partial charge in [-0.05, 0) is 45.3 Å². The Bertz CT molecular complexity index is 277. The highest BCUT2D eigenvalue weighted by molar-refractivity contribution is 5.79. The van der Waals surface area contributed by atoms with Crippen molar-refractivity contribution in [2.45, 2.75) is 45.6 Å². The topological polar surface area (TPSA) is 35.6 Å². The Morgan fingerprint density at radius 1 is 1.21 bits per heavy atom. The van der Waals surface area contributed by atoms with Gasteiger partial charge in [0.25, 0.3) is 0 Å². The number of carbonyl (C=O) groups excluding carboxylic acids is 1. The molecule has 2 saturated heterocycles. The molecule has 1 N–H and O–H groups in total. The van der Waals surface area contributed by atoms with Gasteiger partial charge in [-0.3, -0.25) is 4.79 Å². The van der Waals surface area contributed by atoms with E-state index in [2.05, 4.69) is 29.0 Å². The Balaban J connectivity index is 1.80. The SMILES string of the molecule is CCN(CC)C1CCN(C(=O)C2CCCNC2)CC1. The predicted octanol–water partition coefficient (Wildman–Crippen LogP) is 1.32. The van der Waals surface area contributed by atoms with E-state index in [1.165, 1.54) is 0 Å². The van der Waals surface area contributed by atoms with Crippen molar-refractivity contribution < 1.29 is 4.79 Å². The zero-order valence-corrected chi connectivity index (χ0v) is 12.5. The number of nitrogens with one attached hydrogen (secondary N) is 1. The summed E-state index contributed by atoms with van der Waals surface area (Å²) < 4.78 is 0. The summed E-state index contributed by atoms with van der Waals surface area (Å²) in [4.78, 5) is 17.1. The molecule has 2 aliphatic heterocycles. The number of carbonyl (C=O) groups is 1. The van der Waals surface area contributed by atoms with Gasteiger partial charge in [-0.15, -0.1) is 0 Å². The van der Waals surface area contributed by atoms with Gasteiger partial charge in [0.1, 0.15) is 0 Å². The van der Waals surface area contributed by atoms with E-state index in [9.17, 15) is 4.79 Å². The molecule has 0 radical (unpaired) electrons. The number of hydrogen-bond acceptors (Lipinski definition) is 3. The first kappa shape index (κ1) is 14.8. The van der Waals surface area contributed by atoms with Crippen molar-refractivity contribution in [3.63, 3.8) is 0 Å². The molecular weight excluding hydrogens is 238 g/mol. The molecule has 0 aliphatic carbocycles. The average Bonchev–Trinajstić information content (AvgIpc) is 2.49. The second kappa shape index (κ2) is 7.25. The Labute approximate surface area is 117 Å². The molecule has 0 aromatic carbocycles. The molecule has 2 heterocycles. The lowest BCUT2D eigenvalue weighted by molar-refractivity contribution is -0.137. The van der Waals surface area contributed by atoms with Crippen LogP contribution in [0.4, 0.5) is 0 Å². The molecule has 1 unspecified atom stereocenters. The maximum Gasteiger partial charge on any atom is 0.226 e. The van der Waals surface area contributed by atoms with Crippen molar-refractivity contribution in [2.75, 3.05) is 39.3 Å². The number of hydrogen-bond donors (Lipinski definition) is 1. The van der Waals surface area contributed by atoms with Crippen LogP contribution >= 0.6 is 0 Å². The average molecular weight is 267 g/mol. The molecule has 0 aromatic heterocycles. The van der Waals surface area contributed by atoms with Gasteiger partial charge in [-0.1, -0.05) is 13.8 Å².